The molecule has 4 heteroatoms. The zero-order valence-electron chi connectivity index (χ0n) is 8.90. The Morgan fingerprint density at radius 2 is 2.19 bits per heavy atom. The van der Waals surface area contributed by atoms with Crippen molar-refractivity contribution in [3.05, 3.63) is 29.5 Å². The van der Waals surface area contributed by atoms with Gasteiger partial charge in [0.25, 0.3) is 0 Å². The summed E-state index contributed by atoms with van der Waals surface area (Å²) in [5.74, 6) is 0. The van der Waals surface area contributed by atoms with Crippen LogP contribution in [0.2, 0.25) is 5.28 Å². The summed E-state index contributed by atoms with van der Waals surface area (Å²) in [6, 6.07) is 7.98. The maximum absolute atomic E-state index is 6.17. The highest BCUT2D eigenvalue weighted by molar-refractivity contribution is 6.29. The molecular formula is C12H13ClN2O. The van der Waals surface area contributed by atoms with Gasteiger partial charge in [-0.2, -0.15) is 0 Å². The lowest BCUT2D eigenvalue weighted by Gasteiger charge is -2.24. The number of halogens is 1. The standard InChI is InChI=1S/C12H13ClN2O/c13-12-14-9-5-1-2-6-10(9)15(12)11-7-3-4-8-16-11/h1-2,5-6,11H,3-4,7-8H2. The van der Waals surface area contributed by atoms with Gasteiger partial charge in [-0.3, -0.25) is 4.57 Å². The van der Waals surface area contributed by atoms with Crippen molar-refractivity contribution in [2.45, 2.75) is 25.5 Å². The lowest BCUT2D eigenvalue weighted by atomic mass is 10.2. The van der Waals surface area contributed by atoms with Gasteiger partial charge in [-0.1, -0.05) is 12.1 Å². The molecule has 1 fully saturated rings. The minimum Gasteiger partial charge on any atom is -0.358 e. The molecule has 0 aliphatic carbocycles. The van der Waals surface area contributed by atoms with Gasteiger partial charge in [-0.05, 0) is 43.0 Å². The van der Waals surface area contributed by atoms with E-state index in [1.165, 1.54) is 6.42 Å². The van der Waals surface area contributed by atoms with E-state index < -0.39 is 0 Å². The first kappa shape index (κ1) is 10.1. The van der Waals surface area contributed by atoms with Crippen LogP contribution in [0.5, 0.6) is 0 Å². The van der Waals surface area contributed by atoms with Gasteiger partial charge < -0.3 is 4.74 Å². The van der Waals surface area contributed by atoms with Crippen LogP contribution in [-0.4, -0.2) is 16.2 Å². The van der Waals surface area contributed by atoms with E-state index in [4.69, 9.17) is 16.3 Å². The Balaban J connectivity index is 2.10. The van der Waals surface area contributed by atoms with Crippen molar-refractivity contribution in [2.24, 2.45) is 0 Å². The van der Waals surface area contributed by atoms with Crippen LogP contribution in [0.15, 0.2) is 24.3 Å². The third kappa shape index (κ3) is 1.60. The molecule has 0 spiro atoms. The van der Waals surface area contributed by atoms with E-state index in [9.17, 15) is 0 Å². The van der Waals surface area contributed by atoms with Crippen LogP contribution in [0, 0.1) is 0 Å². The number of rotatable bonds is 1. The summed E-state index contributed by atoms with van der Waals surface area (Å²) in [4.78, 5) is 4.34. The molecule has 1 saturated heterocycles. The number of nitrogens with zero attached hydrogens (tertiary/aromatic N) is 2. The molecule has 2 heterocycles. The Labute approximate surface area is 99.0 Å². The zero-order valence-corrected chi connectivity index (χ0v) is 9.65. The molecule has 0 N–H and O–H groups in total. The van der Waals surface area contributed by atoms with E-state index in [1.807, 2.05) is 28.8 Å². The van der Waals surface area contributed by atoms with E-state index in [0.29, 0.717) is 5.28 Å². The number of ether oxygens (including phenoxy) is 1. The molecule has 84 valence electrons. The highest BCUT2D eigenvalue weighted by atomic mass is 35.5. The molecule has 3 nitrogen and oxygen atoms in total. The second-order valence-corrected chi connectivity index (χ2v) is 4.40. The molecule has 1 atom stereocenters. The van der Waals surface area contributed by atoms with Gasteiger partial charge in [0.05, 0.1) is 11.0 Å². The van der Waals surface area contributed by atoms with Crippen LogP contribution in [0.4, 0.5) is 0 Å². The van der Waals surface area contributed by atoms with Crippen LogP contribution in [0.1, 0.15) is 25.5 Å². The van der Waals surface area contributed by atoms with Crippen LogP contribution in [0.3, 0.4) is 0 Å². The average Bonchev–Trinajstić information content (AvgIpc) is 2.66. The maximum Gasteiger partial charge on any atom is 0.205 e. The molecule has 0 amide bonds. The lowest BCUT2D eigenvalue weighted by Crippen LogP contribution is -2.18. The minimum atomic E-state index is 0.0497. The predicted octanol–water partition coefficient (Wildman–Crippen LogP) is 3.39. The van der Waals surface area contributed by atoms with Gasteiger partial charge >= 0.3 is 0 Å². The molecule has 2 aromatic rings. The molecule has 0 bridgehead atoms. The number of benzene rings is 1. The van der Waals surface area contributed by atoms with Gasteiger partial charge in [-0.25, -0.2) is 4.98 Å². The summed E-state index contributed by atoms with van der Waals surface area (Å²) in [5, 5.41) is 0.521. The summed E-state index contributed by atoms with van der Waals surface area (Å²) in [7, 11) is 0. The third-order valence-electron chi connectivity index (χ3n) is 3.00. The van der Waals surface area contributed by atoms with Crippen molar-refractivity contribution in [2.75, 3.05) is 6.61 Å². The molecule has 0 saturated carbocycles. The maximum atomic E-state index is 6.17. The summed E-state index contributed by atoms with van der Waals surface area (Å²) >= 11 is 6.17. The van der Waals surface area contributed by atoms with Crippen molar-refractivity contribution in [1.29, 1.82) is 0 Å². The van der Waals surface area contributed by atoms with Crippen molar-refractivity contribution in [1.82, 2.24) is 9.55 Å². The fraction of sp³-hybridized carbons (Fsp3) is 0.417. The number of aromatic nitrogens is 2. The molecule has 0 radical (unpaired) electrons. The highest BCUT2D eigenvalue weighted by Crippen LogP contribution is 2.30. The fourth-order valence-electron chi connectivity index (χ4n) is 2.22. The molecule has 16 heavy (non-hydrogen) atoms. The third-order valence-corrected chi connectivity index (χ3v) is 3.26. The van der Waals surface area contributed by atoms with Gasteiger partial charge in [0.2, 0.25) is 5.28 Å². The van der Waals surface area contributed by atoms with Gasteiger partial charge in [0.1, 0.15) is 6.23 Å². The number of hydrogen-bond donors (Lipinski definition) is 0. The Bertz CT molecular complexity index is 503. The SMILES string of the molecule is Clc1nc2ccccc2n1C1CCCCO1. The van der Waals surface area contributed by atoms with Gasteiger partial charge in [0.15, 0.2) is 0 Å². The first-order valence-electron chi connectivity index (χ1n) is 5.60. The number of hydrogen-bond acceptors (Lipinski definition) is 2. The largest absolute Gasteiger partial charge is 0.358 e. The Kier molecular flexibility index (Phi) is 2.58. The summed E-state index contributed by atoms with van der Waals surface area (Å²) in [6.45, 7) is 0.813. The lowest BCUT2D eigenvalue weighted by molar-refractivity contribution is -0.0293. The first-order chi connectivity index (χ1) is 7.86. The minimum absolute atomic E-state index is 0.0497. The quantitative estimate of drug-likeness (QED) is 0.759. The fourth-order valence-corrected chi connectivity index (χ4v) is 2.51. The van der Waals surface area contributed by atoms with Crippen LogP contribution in [-0.2, 0) is 4.74 Å². The average molecular weight is 237 g/mol. The molecular weight excluding hydrogens is 224 g/mol. The smallest absolute Gasteiger partial charge is 0.205 e. The Morgan fingerprint density at radius 3 is 3.00 bits per heavy atom. The number of para-hydroxylation sites is 2. The second-order valence-electron chi connectivity index (χ2n) is 4.06. The molecule has 3 rings (SSSR count). The molecule has 1 unspecified atom stereocenters. The van der Waals surface area contributed by atoms with Crippen molar-refractivity contribution in [3.63, 3.8) is 0 Å². The number of fused-ring (bicyclic) bond motifs is 1. The normalized spacial score (nSPS) is 21.4. The Hall–Kier alpha value is -1.06. The van der Waals surface area contributed by atoms with E-state index in [-0.39, 0.29) is 6.23 Å². The van der Waals surface area contributed by atoms with Crippen molar-refractivity contribution in [3.8, 4) is 0 Å². The predicted molar refractivity (Wildman–Crippen MR) is 63.6 cm³/mol. The molecule has 1 aromatic heterocycles. The van der Waals surface area contributed by atoms with E-state index in [0.717, 1.165) is 30.5 Å². The summed E-state index contributed by atoms with van der Waals surface area (Å²) < 4.78 is 7.75. The van der Waals surface area contributed by atoms with Crippen LogP contribution >= 0.6 is 11.6 Å². The molecule has 1 aliphatic heterocycles. The highest BCUT2D eigenvalue weighted by Gasteiger charge is 2.20. The molecule has 1 aromatic carbocycles. The molecule has 1 aliphatic rings. The Morgan fingerprint density at radius 1 is 1.31 bits per heavy atom. The zero-order chi connectivity index (χ0) is 11.0. The monoisotopic (exact) mass is 236 g/mol. The topological polar surface area (TPSA) is 27.1 Å². The van der Waals surface area contributed by atoms with Gasteiger partial charge in [0, 0.05) is 6.61 Å². The first-order valence-corrected chi connectivity index (χ1v) is 5.98. The van der Waals surface area contributed by atoms with E-state index >= 15 is 0 Å². The van der Waals surface area contributed by atoms with Crippen molar-refractivity contribution >= 4 is 22.6 Å². The van der Waals surface area contributed by atoms with Crippen molar-refractivity contribution < 1.29 is 4.74 Å². The van der Waals surface area contributed by atoms with Gasteiger partial charge in [-0.15, -0.1) is 0 Å². The van der Waals surface area contributed by atoms with E-state index in [1.54, 1.807) is 0 Å². The van der Waals surface area contributed by atoms with E-state index in [2.05, 4.69) is 4.98 Å². The second kappa shape index (κ2) is 4.07. The number of imidazole rings is 1. The van der Waals surface area contributed by atoms with Crippen LogP contribution < -0.4 is 0 Å². The summed E-state index contributed by atoms with van der Waals surface area (Å²) in [5.41, 5.74) is 1.99. The van der Waals surface area contributed by atoms with Crippen LogP contribution in [0.25, 0.3) is 11.0 Å². The summed E-state index contributed by atoms with van der Waals surface area (Å²) in [6.07, 6.45) is 3.39.